The highest BCUT2D eigenvalue weighted by Crippen LogP contribution is 2.36. The summed E-state index contributed by atoms with van der Waals surface area (Å²) in [4.78, 5) is 25.9. The molecule has 30 heavy (non-hydrogen) atoms. The fourth-order valence-corrected chi connectivity index (χ4v) is 2.92. The van der Waals surface area contributed by atoms with Crippen LogP contribution in [0.4, 0.5) is 5.69 Å². The van der Waals surface area contributed by atoms with Gasteiger partial charge < -0.3 is 19.1 Å². The lowest BCUT2D eigenvalue weighted by molar-refractivity contribution is -0.142. The van der Waals surface area contributed by atoms with Gasteiger partial charge in [-0.15, -0.1) is 0 Å². The zero-order valence-electron chi connectivity index (χ0n) is 16.6. The Bertz CT molecular complexity index is 954. The molecule has 0 aliphatic rings. The molecule has 0 aliphatic carbocycles. The molecule has 0 aromatic heterocycles. The van der Waals surface area contributed by atoms with Crippen LogP contribution in [0.5, 0.6) is 11.5 Å². The molecule has 0 N–H and O–H groups in total. The van der Waals surface area contributed by atoms with Crippen molar-refractivity contribution in [1.29, 1.82) is 5.26 Å². The number of amides is 1. The molecule has 0 saturated carbocycles. The lowest BCUT2D eigenvalue weighted by atomic mass is 10.2. The molecule has 0 saturated heterocycles. The molecule has 0 heterocycles. The summed E-state index contributed by atoms with van der Waals surface area (Å²) in [5, 5.41) is 9.15. The molecule has 0 atom stereocenters. The van der Waals surface area contributed by atoms with Gasteiger partial charge in [0.05, 0.1) is 31.7 Å². The summed E-state index contributed by atoms with van der Waals surface area (Å²) < 4.78 is 15.4. The molecular formula is C22H21ClN2O5. The zero-order valence-corrected chi connectivity index (χ0v) is 17.4. The second kappa shape index (κ2) is 11.5. The normalized spacial score (nSPS) is 10.3. The Labute approximate surface area is 180 Å². The number of benzene rings is 2. The van der Waals surface area contributed by atoms with Crippen molar-refractivity contribution in [2.75, 3.05) is 32.3 Å². The smallest absolute Gasteiger partial charge is 0.331 e. The molecular weight excluding hydrogens is 408 g/mol. The third-order valence-corrected chi connectivity index (χ3v) is 4.30. The Kier molecular flexibility index (Phi) is 8.73. The molecule has 0 bridgehead atoms. The van der Waals surface area contributed by atoms with E-state index in [0.29, 0.717) is 27.8 Å². The maximum atomic E-state index is 12.5. The van der Waals surface area contributed by atoms with Gasteiger partial charge in [-0.2, -0.15) is 5.26 Å². The van der Waals surface area contributed by atoms with Crippen molar-refractivity contribution < 1.29 is 23.8 Å². The topological polar surface area (TPSA) is 88.9 Å². The first-order valence-corrected chi connectivity index (χ1v) is 9.36. The van der Waals surface area contributed by atoms with Gasteiger partial charge in [0.1, 0.15) is 0 Å². The number of anilines is 1. The number of carbonyl (C=O) groups excluding carboxylic acids is 2. The number of hydrogen-bond acceptors (Lipinski definition) is 6. The summed E-state index contributed by atoms with van der Waals surface area (Å²) in [5.74, 6) is -0.304. The second-order valence-corrected chi connectivity index (χ2v) is 6.38. The van der Waals surface area contributed by atoms with E-state index in [9.17, 15) is 9.59 Å². The summed E-state index contributed by atoms with van der Waals surface area (Å²) in [6.45, 7) is -0.243. The number of nitrogens with zero attached hydrogens (tertiary/aromatic N) is 2. The minimum Gasteiger partial charge on any atom is -0.493 e. The standard InChI is InChI=1S/C22H21ClN2O5/c1-28-19-14-16(13-18(23)22(19)29-2)9-10-21(27)30-15-20(26)25(12-6-11-24)17-7-4-3-5-8-17/h3-5,7-10,13-14H,6,12,15H2,1-2H3/b10-9+. The molecule has 1 amide bonds. The van der Waals surface area contributed by atoms with Crippen LogP contribution in [0.2, 0.25) is 5.02 Å². The van der Waals surface area contributed by atoms with Crippen LogP contribution in [0, 0.1) is 11.3 Å². The van der Waals surface area contributed by atoms with E-state index in [1.54, 1.807) is 36.4 Å². The number of para-hydroxylation sites is 1. The minimum atomic E-state index is -0.692. The van der Waals surface area contributed by atoms with E-state index < -0.39 is 18.5 Å². The highest BCUT2D eigenvalue weighted by Gasteiger charge is 2.17. The number of methoxy groups -OCH3 is 2. The first kappa shape index (κ1) is 22.8. The monoisotopic (exact) mass is 428 g/mol. The van der Waals surface area contributed by atoms with Crippen molar-refractivity contribution in [3.05, 3.63) is 59.1 Å². The Morgan fingerprint density at radius 1 is 1.17 bits per heavy atom. The number of esters is 1. The summed E-state index contributed by atoms with van der Waals surface area (Å²) in [6, 6.07) is 14.1. The Balaban J connectivity index is 2.01. The van der Waals surface area contributed by atoms with Crippen molar-refractivity contribution >= 4 is 35.2 Å². The van der Waals surface area contributed by atoms with Crippen molar-refractivity contribution in [2.24, 2.45) is 0 Å². The van der Waals surface area contributed by atoms with Crippen LogP contribution in [0.15, 0.2) is 48.5 Å². The van der Waals surface area contributed by atoms with Gasteiger partial charge >= 0.3 is 5.97 Å². The quantitative estimate of drug-likeness (QED) is 0.445. The Morgan fingerprint density at radius 3 is 2.53 bits per heavy atom. The fourth-order valence-electron chi connectivity index (χ4n) is 2.62. The van der Waals surface area contributed by atoms with Gasteiger partial charge in [-0.3, -0.25) is 4.79 Å². The number of halogens is 1. The van der Waals surface area contributed by atoms with E-state index in [0.717, 1.165) is 0 Å². The second-order valence-electron chi connectivity index (χ2n) is 5.97. The number of rotatable bonds is 9. The van der Waals surface area contributed by atoms with Gasteiger partial charge in [0.15, 0.2) is 18.1 Å². The third kappa shape index (κ3) is 6.26. The first-order chi connectivity index (χ1) is 14.5. The fraction of sp³-hybridized carbons (Fsp3) is 0.227. The van der Waals surface area contributed by atoms with Gasteiger partial charge in [0.25, 0.3) is 5.91 Å². The van der Waals surface area contributed by atoms with Gasteiger partial charge in [-0.25, -0.2) is 4.79 Å². The minimum absolute atomic E-state index is 0.161. The van der Waals surface area contributed by atoms with Crippen LogP contribution in [-0.4, -0.2) is 39.2 Å². The zero-order chi connectivity index (χ0) is 21.9. The van der Waals surface area contributed by atoms with Crippen LogP contribution in [-0.2, 0) is 14.3 Å². The van der Waals surface area contributed by atoms with Crippen molar-refractivity contribution in [1.82, 2.24) is 0 Å². The van der Waals surface area contributed by atoms with Crippen LogP contribution in [0.1, 0.15) is 12.0 Å². The van der Waals surface area contributed by atoms with Gasteiger partial charge in [-0.05, 0) is 35.9 Å². The average Bonchev–Trinajstić information content (AvgIpc) is 2.76. The van der Waals surface area contributed by atoms with E-state index >= 15 is 0 Å². The molecule has 0 aliphatic heterocycles. The van der Waals surface area contributed by atoms with Gasteiger partial charge in [0, 0.05) is 18.3 Å². The molecule has 0 spiro atoms. The van der Waals surface area contributed by atoms with Crippen molar-refractivity contribution in [3.63, 3.8) is 0 Å². The lowest BCUT2D eigenvalue weighted by Crippen LogP contribution is -2.35. The Hall–Kier alpha value is -3.50. The van der Waals surface area contributed by atoms with E-state index in [1.165, 1.54) is 31.3 Å². The predicted octanol–water partition coefficient (Wildman–Crippen LogP) is 3.86. The van der Waals surface area contributed by atoms with Crippen LogP contribution >= 0.6 is 11.6 Å². The maximum Gasteiger partial charge on any atom is 0.331 e. The summed E-state index contributed by atoms with van der Waals surface area (Å²) in [5.41, 5.74) is 1.23. The third-order valence-electron chi connectivity index (χ3n) is 4.02. The number of hydrogen-bond donors (Lipinski definition) is 0. The van der Waals surface area contributed by atoms with Gasteiger partial charge in [-0.1, -0.05) is 29.8 Å². The first-order valence-electron chi connectivity index (χ1n) is 8.98. The summed E-state index contributed by atoms with van der Waals surface area (Å²) in [6.07, 6.45) is 2.84. The summed E-state index contributed by atoms with van der Waals surface area (Å²) in [7, 11) is 2.95. The van der Waals surface area contributed by atoms with Crippen LogP contribution < -0.4 is 14.4 Å². The van der Waals surface area contributed by atoms with Crippen molar-refractivity contribution in [2.45, 2.75) is 6.42 Å². The SMILES string of the molecule is COc1cc(/C=C/C(=O)OCC(=O)N(CCC#N)c2ccccc2)cc(Cl)c1OC. The molecule has 0 radical (unpaired) electrons. The largest absolute Gasteiger partial charge is 0.493 e. The molecule has 0 unspecified atom stereocenters. The van der Waals surface area contributed by atoms with Gasteiger partial charge in [0.2, 0.25) is 0 Å². The van der Waals surface area contributed by atoms with Crippen molar-refractivity contribution in [3.8, 4) is 17.6 Å². The molecule has 0 fully saturated rings. The van der Waals surface area contributed by atoms with Crippen LogP contribution in [0.25, 0.3) is 6.08 Å². The molecule has 2 rings (SSSR count). The van der Waals surface area contributed by atoms with Crippen LogP contribution in [0.3, 0.4) is 0 Å². The molecule has 2 aromatic carbocycles. The highest BCUT2D eigenvalue weighted by molar-refractivity contribution is 6.32. The molecule has 2 aromatic rings. The highest BCUT2D eigenvalue weighted by atomic mass is 35.5. The van der Waals surface area contributed by atoms with E-state index in [2.05, 4.69) is 0 Å². The Morgan fingerprint density at radius 2 is 1.90 bits per heavy atom. The number of nitriles is 1. The molecule has 156 valence electrons. The van der Waals surface area contributed by atoms with E-state index in [-0.39, 0.29) is 13.0 Å². The molecule has 8 heteroatoms. The number of ether oxygens (including phenoxy) is 3. The molecule has 7 nitrogen and oxygen atoms in total. The average molecular weight is 429 g/mol. The predicted molar refractivity (Wildman–Crippen MR) is 114 cm³/mol. The van der Waals surface area contributed by atoms with E-state index in [1.807, 2.05) is 12.1 Å². The lowest BCUT2D eigenvalue weighted by Gasteiger charge is -2.21. The number of carbonyl (C=O) groups is 2. The van der Waals surface area contributed by atoms with E-state index in [4.69, 9.17) is 31.1 Å². The maximum absolute atomic E-state index is 12.5. The summed E-state index contributed by atoms with van der Waals surface area (Å²) >= 11 is 6.14.